The van der Waals surface area contributed by atoms with E-state index in [1.54, 1.807) is 194 Å². The number of pyridine rings is 9. The van der Waals surface area contributed by atoms with E-state index < -0.39 is 41.3 Å². The summed E-state index contributed by atoms with van der Waals surface area (Å²) >= 11 is 18.7. The van der Waals surface area contributed by atoms with Gasteiger partial charge in [0.25, 0.3) is 59.1 Å². The second-order valence-electron chi connectivity index (χ2n) is 34.3. The number of aromatic nitrogens is 10. The lowest BCUT2D eigenvalue weighted by Crippen LogP contribution is -2.13. The number of carbonyl (C=O) groups is 5. The van der Waals surface area contributed by atoms with Crippen molar-refractivity contribution in [3.63, 3.8) is 0 Å². The quantitative estimate of drug-likeness (QED) is 0.0350. The van der Waals surface area contributed by atoms with Crippen LogP contribution in [0.2, 0.25) is 15.3 Å². The fraction of sp³-hybridized carbons (Fsp3) is 0.0965. The summed E-state index contributed by atoms with van der Waals surface area (Å²) in [5, 5.41) is 18.7. The third kappa shape index (κ3) is 26.3. The molecule has 0 unspecified atom stereocenters. The van der Waals surface area contributed by atoms with Gasteiger partial charge in [-0.3, -0.25) is 29.0 Å². The number of nitrogens with zero attached hydrogens (tertiary/aromatic N) is 10. The molecule has 149 heavy (non-hydrogen) atoms. The van der Waals surface area contributed by atoms with Crippen LogP contribution in [0.4, 0.5) is 76.2 Å². The van der Waals surface area contributed by atoms with Gasteiger partial charge in [0.15, 0.2) is 0 Å². The molecule has 10 aromatic heterocycles. The number of para-hydroxylation sites is 4. The van der Waals surface area contributed by atoms with E-state index in [9.17, 15) is 72.3 Å². The first-order chi connectivity index (χ1) is 71.1. The van der Waals surface area contributed by atoms with E-state index >= 15 is 0 Å². The lowest BCUT2D eigenvalue weighted by Gasteiger charge is -2.13. The number of hydrogen-bond donors (Lipinski definition) is 5. The Balaban J connectivity index is 0.000000133. The van der Waals surface area contributed by atoms with Crippen LogP contribution in [-0.4, -0.2) is 78.8 Å². The van der Waals surface area contributed by atoms with Crippen LogP contribution in [0.1, 0.15) is 120 Å². The average molecular weight is 2090 g/mol. The van der Waals surface area contributed by atoms with Gasteiger partial charge in [-0.25, -0.2) is 88.2 Å². The number of alkyl halides is 10. The first kappa shape index (κ1) is 105. The van der Waals surface area contributed by atoms with E-state index in [4.69, 9.17) is 34.8 Å². The number of anilines is 5. The number of halogens is 14. The number of amides is 5. The molecule has 0 spiro atoms. The van der Waals surface area contributed by atoms with Crippen molar-refractivity contribution in [2.24, 2.45) is 0 Å². The molecule has 0 atom stereocenters. The molecular formula is C114H81Cl3F11N15O5S. The molecule has 0 saturated carbocycles. The molecule has 20 nitrogen and oxygen atoms in total. The Hall–Kier alpha value is -17.1. The van der Waals surface area contributed by atoms with Crippen molar-refractivity contribution in [2.45, 2.75) is 71.2 Å². The van der Waals surface area contributed by atoms with Gasteiger partial charge in [0.05, 0.1) is 118 Å². The summed E-state index contributed by atoms with van der Waals surface area (Å²) in [6.07, 6.45) is 7.45. The lowest BCUT2D eigenvalue weighted by molar-refractivity contribution is 0.0168. The molecule has 0 aliphatic carbocycles. The largest absolute Gasteiger partial charge is 0.322 e. The first-order valence-corrected chi connectivity index (χ1v) is 47.3. The summed E-state index contributed by atoms with van der Waals surface area (Å²) in [6, 6.07) is 85.9. The van der Waals surface area contributed by atoms with Crippen LogP contribution in [0, 0.1) is 12.7 Å². The minimum absolute atomic E-state index is 0.0801. The summed E-state index contributed by atoms with van der Waals surface area (Å²) in [7, 11) is 0. The molecule has 20 rings (SSSR count). The highest BCUT2D eigenvalue weighted by atomic mass is 35.5. The van der Waals surface area contributed by atoms with E-state index in [2.05, 4.69) is 75.8 Å². The molecule has 5 amide bonds. The number of carbonyl (C=O) groups excluding carboxylic acids is 5. The molecule has 0 bridgehead atoms. The highest BCUT2D eigenvalue weighted by molar-refractivity contribution is 7.10. The van der Waals surface area contributed by atoms with Gasteiger partial charge < -0.3 is 26.6 Å². The normalized spacial score (nSPS) is 11.5. The van der Waals surface area contributed by atoms with Crippen molar-refractivity contribution in [3.05, 3.63) is 435 Å². The molecule has 5 N–H and O–H groups in total. The molecule has 746 valence electrons. The Morgan fingerprint density at radius 1 is 0.295 bits per heavy atom. The standard InChI is InChI=1S/3C23H16ClF2N3O.C23H16F3N3O.C22H17F2N3OS/c1-23(25,26)16-6-2-5-15(12-16)19-10-8-14-4-3-7-18(21(14)29-19)22(30)28-17-9-11-20(24)27-13-17;1-23(25,26)16-6-2-5-15(12-16)19-10-8-14-4-3-7-18(21(14)28-19)22(30)29-20-11-9-17(24)13-27-20;1-23(25,26)16-6-2-5-15(12-16)19-9-8-14-4-3-7-18(21(14)29-19)22(30)28-17-10-11-27-20(24)13-17;1-23(25,26)15-5-2-4-14(12-15)20-10-8-17-19(24)9-7-18(21(17)29-20)22(30)28-16-6-3-11-27-13-16;1-13-11-19(29-27-13)26-21(28)17-8-4-5-14-9-10-18(25-20(14)17)15-6-3-7-16(12-15)22(2,23)24/h2-13H,1H3,(H,28,30);2-13H,1H3,(H,27,29,30);2-13H,1H3,(H,27,28,30);2-13H,1H3,(H,28,30);3-12H,1-2H3,(H,26,28). The minimum Gasteiger partial charge on any atom is -0.322 e. The third-order valence-corrected chi connectivity index (χ3v) is 24.4. The monoisotopic (exact) mass is 2090 g/mol. The van der Waals surface area contributed by atoms with E-state index in [1.807, 2.05) is 55.5 Å². The zero-order chi connectivity index (χ0) is 106. The van der Waals surface area contributed by atoms with Gasteiger partial charge in [0, 0.05) is 141 Å². The van der Waals surface area contributed by atoms with Gasteiger partial charge in [0.2, 0.25) is 0 Å². The predicted molar refractivity (Wildman–Crippen MR) is 562 cm³/mol. The Morgan fingerprint density at radius 2 is 0.658 bits per heavy atom. The molecule has 0 fully saturated rings. The van der Waals surface area contributed by atoms with Crippen molar-refractivity contribution in [3.8, 4) is 56.3 Å². The topological polar surface area (TPSA) is 274 Å². The number of aryl methyl sites for hydroxylation is 1. The fourth-order valence-electron chi connectivity index (χ4n) is 15.4. The van der Waals surface area contributed by atoms with Crippen LogP contribution in [-0.2, 0) is 29.6 Å². The van der Waals surface area contributed by atoms with Gasteiger partial charge in [-0.15, -0.1) is 0 Å². The molecule has 35 heteroatoms. The summed E-state index contributed by atoms with van der Waals surface area (Å²) in [6.45, 7) is 6.10. The van der Waals surface area contributed by atoms with Crippen molar-refractivity contribution in [2.75, 3.05) is 26.6 Å². The summed E-state index contributed by atoms with van der Waals surface area (Å²) in [5.74, 6) is -16.9. The lowest BCUT2D eigenvalue weighted by atomic mass is 10.0. The molecule has 0 aliphatic heterocycles. The Labute approximate surface area is 863 Å². The Morgan fingerprint density at radius 3 is 1.01 bits per heavy atom. The second-order valence-corrected chi connectivity index (χ2v) is 36.3. The zero-order valence-electron chi connectivity index (χ0n) is 79.2. The zero-order valence-corrected chi connectivity index (χ0v) is 82.3. The smallest absolute Gasteiger partial charge is 0.270 e. The third-order valence-electron chi connectivity index (χ3n) is 23.0. The predicted octanol–water partition coefficient (Wildman–Crippen LogP) is 30.8. The fourth-order valence-corrected chi connectivity index (χ4v) is 16.5. The highest BCUT2D eigenvalue weighted by Gasteiger charge is 2.31. The van der Waals surface area contributed by atoms with Crippen molar-refractivity contribution in [1.82, 2.24) is 49.2 Å². The van der Waals surface area contributed by atoms with Crippen molar-refractivity contribution >= 4 is 158 Å². The molecule has 10 heterocycles. The maximum atomic E-state index is 14.3. The number of nitrogens with one attached hydrogen (secondary N) is 5. The van der Waals surface area contributed by atoms with Crippen LogP contribution < -0.4 is 26.6 Å². The molecule has 20 aromatic rings. The van der Waals surface area contributed by atoms with E-state index in [-0.39, 0.29) is 73.1 Å². The highest BCUT2D eigenvalue weighted by Crippen LogP contribution is 2.40. The average Bonchev–Trinajstić information content (AvgIpc) is 1.11. The molecule has 10 aromatic carbocycles. The van der Waals surface area contributed by atoms with Crippen molar-refractivity contribution in [1.29, 1.82) is 0 Å². The van der Waals surface area contributed by atoms with E-state index in [0.29, 0.717) is 139 Å². The maximum Gasteiger partial charge on any atom is 0.270 e. The Bertz CT molecular complexity index is 8260. The SMILES string of the molecule is CC(F)(F)c1cccc(-c2ccc3c(F)ccc(C(=O)Nc4cccnc4)c3n2)c1.CC(F)(F)c1cccc(-c2ccc3cccc(C(=O)Nc4ccc(Cl)cn4)c3n2)c1.CC(F)(F)c1cccc(-c2ccc3cccc(C(=O)Nc4ccc(Cl)nc4)c3n2)c1.CC(F)(F)c1cccc(-c2ccc3cccc(C(=O)Nc4ccnc(Cl)c4)c3n2)c1.Cc1cc(NC(=O)c2cccc3ccc(-c4cccc(C(C)(F)F)c4)nc23)sn1. The van der Waals surface area contributed by atoms with E-state index in [0.717, 1.165) is 61.9 Å². The molecular weight excluding hydrogens is 2010 g/mol. The van der Waals surface area contributed by atoms with Gasteiger partial charge in [-0.2, -0.15) is 4.37 Å². The van der Waals surface area contributed by atoms with Gasteiger partial charge in [-0.05, 0) is 176 Å². The summed E-state index contributed by atoms with van der Waals surface area (Å²) in [4.78, 5) is 103. The number of hydrogen-bond acceptors (Lipinski definition) is 16. The summed E-state index contributed by atoms with van der Waals surface area (Å²) in [5.41, 5.74) is 10.5. The van der Waals surface area contributed by atoms with Crippen LogP contribution in [0.3, 0.4) is 0 Å². The molecule has 0 radical (unpaired) electrons. The van der Waals surface area contributed by atoms with Gasteiger partial charge in [0.1, 0.15) is 26.9 Å². The van der Waals surface area contributed by atoms with Crippen LogP contribution in [0.15, 0.2) is 353 Å². The minimum atomic E-state index is -3.01. The van der Waals surface area contributed by atoms with Crippen LogP contribution in [0.25, 0.3) is 111 Å². The molecule has 0 aliphatic rings. The van der Waals surface area contributed by atoms with Gasteiger partial charge in [-0.1, -0.05) is 199 Å². The number of rotatable bonds is 20. The van der Waals surface area contributed by atoms with Gasteiger partial charge >= 0.3 is 0 Å². The maximum absolute atomic E-state index is 14.3. The Kier molecular flexibility index (Phi) is 31.6. The van der Waals surface area contributed by atoms with Crippen LogP contribution >= 0.6 is 46.3 Å². The number of fused-ring (bicyclic) bond motifs is 5. The van der Waals surface area contributed by atoms with E-state index in [1.165, 1.54) is 121 Å². The van der Waals surface area contributed by atoms with Crippen molar-refractivity contribution < 1.29 is 72.3 Å². The first-order valence-electron chi connectivity index (χ1n) is 45.4. The molecule has 0 saturated heterocycles. The second kappa shape index (κ2) is 44.9. The number of benzene rings is 10. The van der Waals surface area contributed by atoms with Crippen LogP contribution in [0.5, 0.6) is 0 Å². The summed E-state index contributed by atoms with van der Waals surface area (Å²) < 4.78 is 156.